The molecule has 0 saturated carbocycles. The Morgan fingerprint density at radius 3 is 2.13 bits per heavy atom. The zero-order valence-corrected chi connectivity index (χ0v) is 28.8. The second kappa shape index (κ2) is 15.8. The van der Waals surface area contributed by atoms with Gasteiger partial charge in [-0.3, -0.25) is 13.9 Å². The van der Waals surface area contributed by atoms with Crippen molar-refractivity contribution in [3.05, 3.63) is 129 Å². The normalized spacial score (nSPS) is 12.0. The molecule has 45 heavy (non-hydrogen) atoms. The van der Waals surface area contributed by atoms with Crippen LogP contribution in [-0.2, 0) is 32.6 Å². The van der Waals surface area contributed by atoms with E-state index in [9.17, 15) is 18.0 Å². The van der Waals surface area contributed by atoms with Crippen LogP contribution in [0.4, 0.5) is 5.69 Å². The Bertz CT molecular complexity index is 1720. The Labute approximate surface area is 283 Å². The molecule has 1 atom stereocenters. The van der Waals surface area contributed by atoms with Crippen molar-refractivity contribution in [2.24, 2.45) is 5.92 Å². The van der Waals surface area contributed by atoms with E-state index in [1.54, 1.807) is 18.2 Å². The molecule has 7 nitrogen and oxygen atoms in total. The molecule has 4 aromatic carbocycles. The van der Waals surface area contributed by atoms with Gasteiger partial charge in [-0.05, 0) is 59.5 Å². The fourth-order valence-electron chi connectivity index (χ4n) is 4.72. The SMILES string of the molecule is CC(C)CNC(=O)[C@H](Cc1ccccc1)N(Cc1cccc(Br)c1)C(=O)CN(c1cc(Cl)ccc1Cl)S(=O)(=O)c1ccccc1. The largest absolute Gasteiger partial charge is 0.354 e. The summed E-state index contributed by atoms with van der Waals surface area (Å²) in [4.78, 5) is 29.8. The molecular weight excluding hydrogens is 697 g/mol. The van der Waals surface area contributed by atoms with Crippen LogP contribution >= 0.6 is 39.1 Å². The van der Waals surface area contributed by atoms with Crippen LogP contribution in [0.5, 0.6) is 0 Å². The highest BCUT2D eigenvalue weighted by atomic mass is 79.9. The molecule has 0 aliphatic rings. The lowest BCUT2D eigenvalue weighted by atomic mass is 10.0. The Morgan fingerprint density at radius 1 is 0.844 bits per heavy atom. The average Bonchev–Trinajstić information content (AvgIpc) is 3.02. The topological polar surface area (TPSA) is 86.8 Å². The lowest BCUT2D eigenvalue weighted by Gasteiger charge is -2.34. The minimum absolute atomic E-state index is 0.0251. The Kier molecular flexibility index (Phi) is 12.1. The first-order chi connectivity index (χ1) is 21.5. The number of rotatable bonds is 13. The average molecular weight is 732 g/mol. The van der Waals surface area contributed by atoms with Gasteiger partial charge in [-0.2, -0.15) is 0 Å². The summed E-state index contributed by atoms with van der Waals surface area (Å²) < 4.78 is 30.0. The van der Waals surface area contributed by atoms with Crippen LogP contribution < -0.4 is 9.62 Å². The number of hydrogen-bond donors (Lipinski definition) is 1. The quantitative estimate of drug-likeness (QED) is 0.156. The maximum absolute atomic E-state index is 14.5. The van der Waals surface area contributed by atoms with Gasteiger partial charge >= 0.3 is 0 Å². The summed E-state index contributed by atoms with van der Waals surface area (Å²) in [7, 11) is -4.29. The van der Waals surface area contributed by atoms with Crippen LogP contribution in [-0.4, -0.2) is 44.3 Å². The first kappa shape index (κ1) is 34.5. The van der Waals surface area contributed by atoms with Crippen molar-refractivity contribution in [3.63, 3.8) is 0 Å². The summed E-state index contributed by atoms with van der Waals surface area (Å²) in [6, 6.07) is 28.1. The second-order valence-corrected chi connectivity index (χ2v) is 14.5. The summed E-state index contributed by atoms with van der Waals surface area (Å²) in [5, 5.41) is 3.32. The highest BCUT2D eigenvalue weighted by Gasteiger charge is 2.35. The van der Waals surface area contributed by atoms with Gasteiger partial charge < -0.3 is 10.2 Å². The monoisotopic (exact) mass is 729 g/mol. The van der Waals surface area contributed by atoms with Crippen LogP contribution in [0.3, 0.4) is 0 Å². The van der Waals surface area contributed by atoms with Crippen molar-refractivity contribution >= 4 is 66.7 Å². The Morgan fingerprint density at radius 2 is 1.49 bits per heavy atom. The molecule has 0 aliphatic heterocycles. The molecule has 1 N–H and O–H groups in total. The number of halogens is 3. The van der Waals surface area contributed by atoms with E-state index in [-0.39, 0.29) is 45.4 Å². The third-order valence-electron chi connectivity index (χ3n) is 6.98. The molecule has 2 amide bonds. The van der Waals surface area contributed by atoms with Crippen LogP contribution in [0.2, 0.25) is 10.0 Å². The molecular formula is C34H34BrCl2N3O4S. The minimum Gasteiger partial charge on any atom is -0.354 e. The van der Waals surface area contributed by atoms with Gasteiger partial charge in [0.15, 0.2) is 0 Å². The first-order valence-electron chi connectivity index (χ1n) is 14.3. The van der Waals surface area contributed by atoms with Crippen molar-refractivity contribution in [2.45, 2.75) is 37.8 Å². The van der Waals surface area contributed by atoms with Gasteiger partial charge in [-0.1, -0.05) is 114 Å². The van der Waals surface area contributed by atoms with Crippen molar-refractivity contribution in [2.75, 3.05) is 17.4 Å². The van der Waals surface area contributed by atoms with Gasteiger partial charge in [0.1, 0.15) is 12.6 Å². The summed E-state index contributed by atoms with van der Waals surface area (Å²) >= 11 is 16.3. The number of nitrogens with one attached hydrogen (secondary N) is 1. The predicted octanol–water partition coefficient (Wildman–Crippen LogP) is 7.36. The molecule has 4 aromatic rings. The molecule has 0 fully saturated rings. The maximum Gasteiger partial charge on any atom is 0.264 e. The number of sulfonamides is 1. The van der Waals surface area contributed by atoms with Gasteiger partial charge in [-0.25, -0.2) is 8.42 Å². The molecule has 0 heterocycles. The third-order valence-corrected chi connectivity index (χ3v) is 9.81. The van der Waals surface area contributed by atoms with E-state index in [4.69, 9.17) is 23.2 Å². The highest BCUT2D eigenvalue weighted by molar-refractivity contribution is 9.10. The van der Waals surface area contributed by atoms with Crippen LogP contribution in [0.1, 0.15) is 25.0 Å². The van der Waals surface area contributed by atoms with Gasteiger partial charge in [0, 0.05) is 29.0 Å². The molecule has 0 saturated heterocycles. The Balaban J connectivity index is 1.82. The summed E-state index contributed by atoms with van der Waals surface area (Å²) in [5.74, 6) is -0.752. The van der Waals surface area contributed by atoms with E-state index >= 15 is 0 Å². The van der Waals surface area contributed by atoms with Crippen LogP contribution in [0.15, 0.2) is 112 Å². The van der Waals surface area contributed by atoms with Gasteiger partial charge in [-0.15, -0.1) is 0 Å². The van der Waals surface area contributed by atoms with Crippen LogP contribution in [0, 0.1) is 5.92 Å². The molecule has 236 valence electrons. The number of carbonyl (C=O) groups excluding carboxylic acids is 2. The van der Waals surface area contributed by atoms with Gasteiger partial charge in [0.25, 0.3) is 10.0 Å². The van der Waals surface area contributed by atoms with E-state index in [0.29, 0.717) is 6.54 Å². The predicted molar refractivity (Wildman–Crippen MR) is 184 cm³/mol. The fraction of sp³-hybridized carbons (Fsp3) is 0.235. The number of benzene rings is 4. The van der Waals surface area contributed by atoms with Gasteiger partial charge in [0.05, 0.1) is 15.6 Å². The molecule has 11 heteroatoms. The molecule has 0 radical (unpaired) electrons. The zero-order valence-electron chi connectivity index (χ0n) is 24.9. The van der Waals surface area contributed by atoms with Gasteiger partial charge in [0.2, 0.25) is 11.8 Å². The number of nitrogens with zero attached hydrogens (tertiary/aromatic N) is 2. The smallest absolute Gasteiger partial charge is 0.264 e. The standard InChI is InChI=1S/C34H34BrCl2N3O4S/c1-24(2)21-38-34(42)32(19-25-10-5-3-6-11-25)39(22-26-12-9-13-27(35)18-26)33(41)23-40(31-20-28(36)16-17-30(31)37)45(43,44)29-14-7-4-8-15-29/h3-18,20,24,32H,19,21-23H2,1-2H3,(H,38,42)/t32-/m0/s1. The summed E-state index contributed by atoms with van der Waals surface area (Å²) in [6.45, 7) is 3.80. The maximum atomic E-state index is 14.5. The van der Waals surface area contributed by atoms with E-state index in [1.807, 2.05) is 68.4 Å². The fourth-order valence-corrected chi connectivity index (χ4v) is 7.05. The van der Waals surface area contributed by atoms with E-state index in [2.05, 4.69) is 21.2 Å². The van der Waals surface area contributed by atoms with Crippen molar-refractivity contribution in [1.29, 1.82) is 0 Å². The van der Waals surface area contributed by atoms with E-state index in [0.717, 1.165) is 19.9 Å². The molecule has 4 rings (SSSR count). The van der Waals surface area contributed by atoms with E-state index < -0.39 is 28.5 Å². The number of amides is 2. The highest BCUT2D eigenvalue weighted by Crippen LogP contribution is 2.33. The summed E-state index contributed by atoms with van der Waals surface area (Å²) in [5.41, 5.74) is 1.65. The molecule has 0 spiro atoms. The number of carbonyl (C=O) groups is 2. The van der Waals surface area contributed by atoms with Crippen molar-refractivity contribution < 1.29 is 18.0 Å². The van der Waals surface area contributed by atoms with E-state index in [1.165, 1.54) is 35.2 Å². The van der Waals surface area contributed by atoms with Crippen LogP contribution in [0.25, 0.3) is 0 Å². The number of hydrogen-bond acceptors (Lipinski definition) is 4. The third kappa shape index (κ3) is 9.33. The zero-order chi connectivity index (χ0) is 32.6. The first-order valence-corrected chi connectivity index (χ1v) is 17.3. The molecule has 0 unspecified atom stereocenters. The molecule has 0 bridgehead atoms. The van der Waals surface area contributed by atoms with Crippen molar-refractivity contribution in [3.8, 4) is 0 Å². The van der Waals surface area contributed by atoms with Crippen molar-refractivity contribution in [1.82, 2.24) is 10.2 Å². The second-order valence-electron chi connectivity index (χ2n) is 10.9. The lowest BCUT2D eigenvalue weighted by Crippen LogP contribution is -2.53. The number of anilines is 1. The molecule has 0 aliphatic carbocycles. The Hall–Kier alpha value is -3.37. The summed E-state index contributed by atoms with van der Waals surface area (Å²) in [6.07, 6.45) is 0.216. The lowest BCUT2D eigenvalue weighted by molar-refractivity contribution is -0.140. The minimum atomic E-state index is -4.29. The molecule has 0 aromatic heterocycles.